The van der Waals surface area contributed by atoms with Gasteiger partial charge in [0.15, 0.2) is 5.60 Å². The molecule has 6 heteroatoms. The zero-order valence-corrected chi connectivity index (χ0v) is 11.8. The minimum absolute atomic E-state index is 0.102. The Hall–Kier alpha value is -0.720. The van der Waals surface area contributed by atoms with E-state index in [0.717, 1.165) is 17.9 Å². The molecule has 1 aliphatic rings. The van der Waals surface area contributed by atoms with Gasteiger partial charge in [0.25, 0.3) is 0 Å². The van der Waals surface area contributed by atoms with Gasteiger partial charge in [-0.15, -0.1) is 0 Å². The number of nitrogens with one attached hydrogen (secondary N) is 1. The van der Waals surface area contributed by atoms with E-state index in [-0.39, 0.29) is 24.6 Å². The lowest BCUT2D eigenvalue weighted by Gasteiger charge is -2.31. The van der Waals surface area contributed by atoms with Crippen molar-refractivity contribution < 1.29 is 18.3 Å². The summed E-state index contributed by atoms with van der Waals surface area (Å²) in [5.41, 5.74) is -2.89. The van der Waals surface area contributed by atoms with Crippen LogP contribution in [0.2, 0.25) is 0 Å². The maximum Gasteiger partial charge on any atom is 0.421 e. The maximum atomic E-state index is 13.2. The highest BCUT2D eigenvalue weighted by atomic mass is 32.2. The Morgan fingerprint density at radius 2 is 1.95 bits per heavy atom. The fourth-order valence-electron chi connectivity index (χ4n) is 2.32. The first-order valence-electron chi connectivity index (χ1n) is 6.59. The Morgan fingerprint density at radius 1 is 1.25 bits per heavy atom. The van der Waals surface area contributed by atoms with Crippen LogP contribution in [0.3, 0.4) is 0 Å². The monoisotopic (exact) mass is 305 g/mol. The van der Waals surface area contributed by atoms with Gasteiger partial charge in [0.05, 0.1) is 0 Å². The largest absolute Gasteiger partial charge is 0.421 e. The number of hydrogen-bond acceptors (Lipinski definition) is 3. The van der Waals surface area contributed by atoms with Gasteiger partial charge < -0.3 is 10.4 Å². The van der Waals surface area contributed by atoms with Crippen molar-refractivity contribution >= 4 is 11.8 Å². The molecule has 1 fully saturated rings. The molecule has 0 aromatic heterocycles. The first kappa shape index (κ1) is 15.7. The lowest BCUT2D eigenvalue weighted by Crippen LogP contribution is -2.45. The Labute approximate surface area is 120 Å². The third-order valence-electron chi connectivity index (χ3n) is 3.57. The molecule has 0 unspecified atom stereocenters. The summed E-state index contributed by atoms with van der Waals surface area (Å²) in [6.45, 7) is 0.149. The van der Waals surface area contributed by atoms with Gasteiger partial charge in [-0.2, -0.15) is 24.9 Å². The molecule has 2 N–H and O–H groups in total. The van der Waals surface area contributed by atoms with Crippen molar-refractivity contribution in [3.8, 4) is 0 Å². The van der Waals surface area contributed by atoms with E-state index >= 15 is 0 Å². The Balaban J connectivity index is 2.04. The van der Waals surface area contributed by atoms with Gasteiger partial charge in [0.2, 0.25) is 0 Å². The molecule has 1 saturated heterocycles. The molecule has 0 aliphatic carbocycles. The summed E-state index contributed by atoms with van der Waals surface area (Å²) < 4.78 is 39.6. The second-order valence-corrected chi connectivity index (χ2v) is 6.14. The predicted molar refractivity (Wildman–Crippen MR) is 74.7 cm³/mol. The van der Waals surface area contributed by atoms with Gasteiger partial charge in [-0.05, 0) is 24.3 Å². The van der Waals surface area contributed by atoms with Gasteiger partial charge in [0, 0.05) is 18.2 Å². The van der Waals surface area contributed by atoms with Crippen molar-refractivity contribution in [2.75, 3.05) is 18.1 Å². The molecule has 0 amide bonds. The van der Waals surface area contributed by atoms with Crippen LogP contribution in [0.1, 0.15) is 18.4 Å². The van der Waals surface area contributed by atoms with E-state index in [1.807, 2.05) is 0 Å². The maximum absolute atomic E-state index is 13.2. The van der Waals surface area contributed by atoms with Crippen molar-refractivity contribution in [1.82, 2.24) is 5.32 Å². The second-order valence-electron chi connectivity index (χ2n) is 4.99. The van der Waals surface area contributed by atoms with Crippen LogP contribution >= 0.6 is 11.8 Å². The SMILES string of the molecule is O[C@](CCN[C@@H]1CCSC1)(c1ccccc1)C(F)(F)F. The predicted octanol–water partition coefficient (Wildman–Crippen LogP) is 2.92. The highest BCUT2D eigenvalue weighted by molar-refractivity contribution is 7.99. The van der Waals surface area contributed by atoms with E-state index in [0.29, 0.717) is 0 Å². The van der Waals surface area contributed by atoms with Gasteiger partial charge in [-0.25, -0.2) is 0 Å². The number of benzene rings is 1. The molecule has 1 aliphatic heterocycles. The molecule has 1 aromatic rings. The van der Waals surface area contributed by atoms with E-state index in [9.17, 15) is 18.3 Å². The zero-order chi connectivity index (χ0) is 14.6. The normalized spacial score (nSPS) is 22.7. The smallest absolute Gasteiger partial charge is 0.376 e. The lowest BCUT2D eigenvalue weighted by molar-refractivity contribution is -0.268. The molecule has 1 heterocycles. The summed E-state index contributed by atoms with van der Waals surface area (Å²) in [4.78, 5) is 0. The standard InChI is InChI=1S/C14H18F3NOS/c15-14(16,17)13(19,11-4-2-1-3-5-11)7-8-18-12-6-9-20-10-12/h1-5,12,18-19H,6-10H2/t12-,13-/m1/s1. The Morgan fingerprint density at radius 3 is 2.50 bits per heavy atom. The van der Waals surface area contributed by atoms with Crippen LogP contribution in [0.4, 0.5) is 13.2 Å². The second kappa shape index (κ2) is 6.37. The van der Waals surface area contributed by atoms with E-state index in [1.165, 1.54) is 24.3 Å². The molecular formula is C14H18F3NOS. The fourth-order valence-corrected chi connectivity index (χ4v) is 3.50. The van der Waals surface area contributed by atoms with Crippen LogP contribution in [0.25, 0.3) is 0 Å². The molecule has 0 saturated carbocycles. The molecule has 1 aromatic carbocycles. The molecule has 112 valence electrons. The summed E-state index contributed by atoms with van der Waals surface area (Å²) in [6.07, 6.45) is -4.08. The van der Waals surface area contributed by atoms with Crippen molar-refractivity contribution in [3.05, 3.63) is 35.9 Å². The van der Waals surface area contributed by atoms with Crippen molar-refractivity contribution in [1.29, 1.82) is 0 Å². The van der Waals surface area contributed by atoms with Crippen molar-refractivity contribution in [2.45, 2.75) is 30.7 Å². The molecule has 0 spiro atoms. The van der Waals surface area contributed by atoms with Gasteiger partial charge >= 0.3 is 6.18 Å². The van der Waals surface area contributed by atoms with Gasteiger partial charge in [-0.3, -0.25) is 0 Å². The first-order chi connectivity index (χ1) is 9.43. The number of halogens is 3. The van der Waals surface area contributed by atoms with E-state index in [4.69, 9.17) is 0 Å². The Bertz CT molecular complexity index is 420. The average Bonchev–Trinajstić information content (AvgIpc) is 2.91. The molecule has 2 atom stereocenters. The molecular weight excluding hydrogens is 287 g/mol. The van der Waals surface area contributed by atoms with Gasteiger partial charge in [0.1, 0.15) is 0 Å². The highest BCUT2D eigenvalue weighted by Crippen LogP contribution is 2.41. The van der Waals surface area contributed by atoms with Crippen LogP contribution in [-0.4, -0.2) is 35.4 Å². The van der Waals surface area contributed by atoms with E-state index < -0.39 is 11.8 Å². The number of hydrogen-bond donors (Lipinski definition) is 2. The molecule has 20 heavy (non-hydrogen) atoms. The first-order valence-corrected chi connectivity index (χ1v) is 7.75. The number of alkyl halides is 3. The Kier molecular flexibility index (Phi) is 4.99. The highest BCUT2D eigenvalue weighted by Gasteiger charge is 2.54. The van der Waals surface area contributed by atoms with Crippen LogP contribution in [-0.2, 0) is 5.60 Å². The van der Waals surface area contributed by atoms with Crippen molar-refractivity contribution in [3.63, 3.8) is 0 Å². The number of rotatable bonds is 5. The van der Waals surface area contributed by atoms with E-state index in [2.05, 4.69) is 5.32 Å². The minimum atomic E-state index is -4.68. The lowest BCUT2D eigenvalue weighted by atomic mass is 9.89. The molecule has 0 bridgehead atoms. The zero-order valence-electron chi connectivity index (χ0n) is 11.0. The summed E-state index contributed by atoms with van der Waals surface area (Å²) in [5, 5.41) is 13.2. The van der Waals surface area contributed by atoms with Crippen LogP contribution in [0, 0.1) is 0 Å². The third kappa shape index (κ3) is 3.48. The summed E-state index contributed by atoms with van der Waals surface area (Å²) in [7, 11) is 0. The summed E-state index contributed by atoms with van der Waals surface area (Å²) in [5.74, 6) is 1.97. The number of aliphatic hydroxyl groups is 1. The quantitative estimate of drug-likeness (QED) is 0.877. The van der Waals surface area contributed by atoms with E-state index in [1.54, 1.807) is 17.8 Å². The minimum Gasteiger partial charge on any atom is -0.376 e. The number of thioether (sulfide) groups is 1. The van der Waals surface area contributed by atoms with Crippen molar-refractivity contribution in [2.24, 2.45) is 0 Å². The summed E-state index contributed by atoms with van der Waals surface area (Å²) >= 11 is 1.79. The topological polar surface area (TPSA) is 32.3 Å². The van der Waals surface area contributed by atoms with Crippen LogP contribution < -0.4 is 5.32 Å². The molecule has 2 rings (SSSR count). The molecule has 0 radical (unpaired) electrons. The van der Waals surface area contributed by atoms with Gasteiger partial charge in [-0.1, -0.05) is 30.3 Å². The third-order valence-corrected chi connectivity index (χ3v) is 4.73. The summed E-state index contributed by atoms with van der Waals surface area (Å²) in [6, 6.07) is 7.54. The van der Waals surface area contributed by atoms with Crippen LogP contribution in [0.5, 0.6) is 0 Å². The fraction of sp³-hybridized carbons (Fsp3) is 0.571. The van der Waals surface area contributed by atoms with Crippen LogP contribution in [0.15, 0.2) is 30.3 Å². The molecule has 2 nitrogen and oxygen atoms in total. The average molecular weight is 305 g/mol.